The molecule has 0 saturated heterocycles. The first kappa shape index (κ1) is 15.1. The molecule has 0 spiro atoms. The number of aromatic carboxylic acids is 1. The molecule has 1 atom stereocenters. The van der Waals surface area contributed by atoms with Crippen LogP contribution >= 0.6 is 38.5 Å². The molecule has 0 amide bonds. The Morgan fingerprint density at radius 1 is 1.21 bits per heavy atom. The van der Waals surface area contributed by atoms with Crippen molar-refractivity contribution in [1.29, 1.82) is 0 Å². The summed E-state index contributed by atoms with van der Waals surface area (Å²) in [4.78, 5) is 11.3. The summed E-state index contributed by atoms with van der Waals surface area (Å²) in [5, 5.41) is 9.28. The van der Waals surface area contributed by atoms with Crippen LogP contribution in [0.15, 0.2) is 40.9 Å². The molecular formula is C14H11AsBrIO2. The molecule has 2 aromatic carbocycles. The van der Waals surface area contributed by atoms with Crippen molar-refractivity contribution in [2.24, 2.45) is 0 Å². The van der Waals surface area contributed by atoms with Gasteiger partial charge in [-0.2, -0.15) is 0 Å². The number of carbonyl (C=O) groups is 1. The monoisotopic (exact) mass is 492 g/mol. The van der Waals surface area contributed by atoms with E-state index in [2.05, 4.69) is 63.6 Å². The van der Waals surface area contributed by atoms with Crippen molar-refractivity contribution in [1.82, 2.24) is 0 Å². The van der Waals surface area contributed by atoms with Crippen LogP contribution in [0.2, 0.25) is 0 Å². The van der Waals surface area contributed by atoms with Gasteiger partial charge in [-0.15, -0.1) is 0 Å². The molecule has 0 heterocycles. The fraction of sp³-hybridized carbons (Fsp3) is 0.0714. The fourth-order valence-corrected chi connectivity index (χ4v) is 5.25. The summed E-state index contributed by atoms with van der Waals surface area (Å²) in [6.07, 6.45) is 0. The Bertz CT molecular complexity index is 643. The molecule has 0 fully saturated rings. The van der Waals surface area contributed by atoms with Crippen LogP contribution in [0.5, 0.6) is 0 Å². The van der Waals surface area contributed by atoms with Crippen LogP contribution in [-0.4, -0.2) is 26.8 Å². The number of halogens is 2. The molecule has 98 valence electrons. The molecular weight excluding hydrogens is 482 g/mol. The zero-order valence-electron chi connectivity index (χ0n) is 10.1. The molecule has 1 N–H and O–H groups in total. The Labute approximate surface area is 140 Å². The van der Waals surface area contributed by atoms with Gasteiger partial charge in [-0.05, 0) is 0 Å². The molecule has 0 bridgehead atoms. The van der Waals surface area contributed by atoms with Gasteiger partial charge in [0.05, 0.1) is 0 Å². The number of hydrogen-bond donors (Lipinski definition) is 1. The molecule has 0 saturated carbocycles. The van der Waals surface area contributed by atoms with E-state index in [9.17, 15) is 9.90 Å². The van der Waals surface area contributed by atoms with Gasteiger partial charge in [-0.3, -0.25) is 0 Å². The molecule has 1 unspecified atom stereocenters. The number of carboxylic acid groups (broad SMARTS) is 1. The zero-order chi connectivity index (χ0) is 14.0. The Hall–Kier alpha value is -0.322. The zero-order valence-corrected chi connectivity index (χ0v) is 15.9. The Morgan fingerprint density at radius 3 is 2.53 bits per heavy atom. The van der Waals surface area contributed by atoms with Gasteiger partial charge in [0.2, 0.25) is 0 Å². The maximum absolute atomic E-state index is 11.3. The summed E-state index contributed by atoms with van der Waals surface area (Å²) >= 11 is 4.98. The van der Waals surface area contributed by atoms with Crippen LogP contribution in [0.3, 0.4) is 0 Å². The van der Waals surface area contributed by atoms with Crippen molar-refractivity contribution in [3.05, 3.63) is 55.6 Å². The number of hydrogen-bond acceptors (Lipinski definition) is 1. The van der Waals surface area contributed by atoms with Crippen molar-refractivity contribution in [2.45, 2.75) is 6.92 Å². The van der Waals surface area contributed by atoms with Crippen molar-refractivity contribution in [3.63, 3.8) is 0 Å². The summed E-state index contributed by atoms with van der Waals surface area (Å²) in [6, 6.07) is 11.8. The van der Waals surface area contributed by atoms with E-state index in [-0.39, 0.29) is 0 Å². The van der Waals surface area contributed by atoms with Crippen LogP contribution in [-0.2, 0) is 0 Å². The summed E-state index contributed by atoms with van der Waals surface area (Å²) in [5.41, 5.74) is 1.65. The van der Waals surface area contributed by atoms with E-state index in [1.807, 2.05) is 12.1 Å². The van der Waals surface area contributed by atoms with Crippen LogP contribution in [0.4, 0.5) is 0 Å². The van der Waals surface area contributed by atoms with Gasteiger partial charge in [0.1, 0.15) is 0 Å². The van der Waals surface area contributed by atoms with E-state index in [1.54, 1.807) is 6.07 Å². The number of carboxylic acids is 1. The van der Waals surface area contributed by atoms with Crippen molar-refractivity contribution >= 4 is 68.9 Å². The van der Waals surface area contributed by atoms with E-state index in [0.717, 1.165) is 8.82 Å². The molecule has 2 rings (SSSR count). The van der Waals surface area contributed by atoms with Gasteiger partial charge >= 0.3 is 141 Å². The molecule has 0 aliphatic rings. The van der Waals surface area contributed by atoms with E-state index in [4.69, 9.17) is 0 Å². The first-order chi connectivity index (χ1) is 8.97. The third-order valence-electron chi connectivity index (χ3n) is 2.67. The fourth-order valence-electron chi connectivity index (χ4n) is 1.71. The van der Waals surface area contributed by atoms with E-state index in [0.29, 0.717) is 5.56 Å². The van der Waals surface area contributed by atoms with Crippen LogP contribution < -0.4 is 8.70 Å². The molecule has 19 heavy (non-hydrogen) atoms. The topological polar surface area (TPSA) is 37.3 Å². The second-order valence-electron chi connectivity index (χ2n) is 4.08. The van der Waals surface area contributed by atoms with Crippen molar-refractivity contribution in [2.75, 3.05) is 0 Å². The van der Waals surface area contributed by atoms with Crippen LogP contribution in [0.25, 0.3) is 0 Å². The maximum atomic E-state index is 11.3. The second kappa shape index (κ2) is 6.42. The summed E-state index contributed by atoms with van der Waals surface area (Å²) in [6.45, 7) is 2.08. The first-order valence-electron chi connectivity index (χ1n) is 5.53. The van der Waals surface area contributed by atoms with Gasteiger partial charge in [0.25, 0.3) is 0 Å². The third-order valence-corrected chi connectivity index (χ3v) is 7.06. The number of benzene rings is 2. The minimum atomic E-state index is -0.858. The van der Waals surface area contributed by atoms with E-state index in [1.165, 1.54) is 13.5 Å². The molecule has 5 heteroatoms. The average molecular weight is 493 g/mol. The molecule has 0 radical (unpaired) electrons. The number of aryl methyl sites for hydroxylation is 1. The predicted octanol–water partition coefficient (Wildman–Crippen LogP) is 2.45. The number of rotatable bonds is 3. The van der Waals surface area contributed by atoms with Crippen molar-refractivity contribution < 1.29 is 9.90 Å². The normalized spacial score (nSPS) is 11.1. The second-order valence-corrected chi connectivity index (χ2v) is 9.03. The van der Waals surface area contributed by atoms with Gasteiger partial charge in [0, 0.05) is 0 Å². The quantitative estimate of drug-likeness (QED) is 0.528. The molecule has 0 aromatic heterocycles. The summed E-state index contributed by atoms with van der Waals surface area (Å²) < 4.78 is 4.25. The molecule has 2 aromatic rings. The van der Waals surface area contributed by atoms with E-state index >= 15 is 0 Å². The SMILES string of the molecule is Cc1cc(I)ccc1[AsH]c1ccc(Br)cc1C(=O)O. The van der Waals surface area contributed by atoms with Gasteiger partial charge < -0.3 is 0 Å². The minimum absolute atomic E-state index is 0.410. The molecule has 0 aliphatic heterocycles. The standard InChI is InChI=1S/C14H11AsBrIO2/c1-8-6-10(17)3-5-12(8)15-13-4-2-9(16)7-11(13)14(18)19/h2-7,15H,1H3,(H,18,19). The van der Waals surface area contributed by atoms with Crippen molar-refractivity contribution in [3.8, 4) is 0 Å². The third kappa shape index (κ3) is 3.83. The van der Waals surface area contributed by atoms with Gasteiger partial charge in [0.15, 0.2) is 0 Å². The summed E-state index contributed by atoms with van der Waals surface area (Å²) in [7, 11) is 0. The predicted molar refractivity (Wildman–Crippen MR) is 91.4 cm³/mol. The molecule has 0 aliphatic carbocycles. The Morgan fingerprint density at radius 2 is 1.89 bits per heavy atom. The Balaban J connectivity index is 2.40. The van der Waals surface area contributed by atoms with Crippen LogP contribution in [0.1, 0.15) is 15.9 Å². The van der Waals surface area contributed by atoms with Gasteiger partial charge in [-0.25, -0.2) is 0 Å². The van der Waals surface area contributed by atoms with Crippen LogP contribution in [0, 0.1) is 10.5 Å². The average Bonchev–Trinajstić information content (AvgIpc) is 2.34. The van der Waals surface area contributed by atoms with E-state index < -0.39 is 21.7 Å². The first-order valence-corrected chi connectivity index (χ1v) is 9.50. The Kier molecular flexibility index (Phi) is 5.09. The van der Waals surface area contributed by atoms with Gasteiger partial charge in [-0.1, -0.05) is 0 Å². The molecule has 2 nitrogen and oxygen atoms in total. The summed E-state index contributed by atoms with van der Waals surface area (Å²) in [5.74, 6) is -0.858.